The number of nitro benzene ring substituents is 1. The molecule has 1 aromatic carbocycles. The number of nitrogens with zero attached hydrogens (tertiary/aromatic N) is 1. The van der Waals surface area contributed by atoms with Crippen molar-refractivity contribution >= 4 is 5.69 Å². The van der Waals surface area contributed by atoms with Gasteiger partial charge in [-0.25, -0.2) is 0 Å². The van der Waals surface area contributed by atoms with Gasteiger partial charge < -0.3 is 5.73 Å². The average Bonchev–Trinajstić information content (AvgIpc) is 2.26. The van der Waals surface area contributed by atoms with Gasteiger partial charge in [0.25, 0.3) is 0 Å². The predicted octanol–water partition coefficient (Wildman–Crippen LogP) is 2.79. The number of hydrogen-bond acceptors (Lipinski definition) is 3. The van der Waals surface area contributed by atoms with E-state index in [0.29, 0.717) is 6.42 Å². The SMILES string of the molecule is CCCC(N)CCc1ccc([N+](=O)[O-])c(F)c1. The molecule has 0 saturated carbocycles. The maximum absolute atomic E-state index is 13.3. The largest absolute Gasteiger partial charge is 0.328 e. The van der Waals surface area contributed by atoms with Gasteiger partial charge in [-0.2, -0.15) is 4.39 Å². The van der Waals surface area contributed by atoms with Crippen molar-refractivity contribution in [1.82, 2.24) is 0 Å². The molecule has 0 aliphatic rings. The second-order valence-corrected chi connectivity index (χ2v) is 4.13. The number of benzene rings is 1. The van der Waals surface area contributed by atoms with E-state index in [1.165, 1.54) is 12.1 Å². The van der Waals surface area contributed by atoms with Crippen molar-refractivity contribution in [3.8, 4) is 0 Å². The number of hydrogen-bond donors (Lipinski definition) is 1. The van der Waals surface area contributed by atoms with Crippen LogP contribution in [0.4, 0.5) is 10.1 Å². The van der Waals surface area contributed by atoms with Crippen molar-refractivity contribution in [3.05, 3.63) is 39.7 Å². The first-order valence-electron chi connectivity index (χ1n) is 5.73. The fourth-order valence-corrected chi connectivity index (χ4v) is 1.72. The highest BCUT2D eigenvalue weighted by molar-refractivity contribution is 5.35. The summed E-state index contributed by atoms with van der Waals surface area (Å²) in [5.74, 6) is -0.781. The van der Waals surface area contributed by atoms with Gasteiger partial charge in [0, 0.05) is 12.1 Å². The fraction of sp³-hybridized carbons (Fsp3) is 0.500. The number of halogens is 1. The van der Waals surface area contributed by atoms with E-state index < -0.39 is 16.4 Å². The molecule has 17 heavy (non-hydrogen) atoms. The van der Waals surface area contributed by atoms with Gasteiger partial charge in [0.05, 0.1) is 4.92 Å². The Balaban J connectivity index is 2.62. The maximum atomic E-state index is 13.3. The van der Waals surface area contributed by atoms with E-state index in [4.69, 9.17) is 5.73 Å². The Hall–Kier alpha value is -1.49. The molecule has 0 bridgehead atoms. The summed E-state index contributed by atoms with van der Waals surface area (Å²) in [7, 11) is 0. The number of nitrogens with two attached hydrogens (primary N) is 1. The summed E-state index contributed by atoms with van der Waals surface area (Å²) in [6, 6.07) is 4.12. The monoisotopic (exact) mass is 240 g/mol. The third-order valence-corrected chi connectivity index (χ3v) is 2.67. The van der Waals surface area contributed by atoms with E-state index >= 15 is 0 Å². The minimum Gasteiger partial charge on any atom is -0.328 e. The standard InChI is InChI=1S/C12H17FN2O2/c1-2-3-10(14)6-4-9-5-7-12(15(16)17)11(13)8-9/h5,7-8,10H,2-4,6,14H2,1H3. The van der Waals surface area contributed by atoms with Crippen LogP contribution in [0.15, 0.2) is 18.2 Å². The summed E-state index contributed by atoms with van der Waals surface area (Å²) in [6.07, 6.45) is 3.38. The molecule has 0 fully saturated rings. The van der Waals surface area contributed by atoms with Gasteiger partial charge in [0.15, 0.2) is 0 Å². The lowest BCUT2D eigenvalue weighted by Gasteiger charge is -2.09. The molecular weight excluding hydrogens is 223 g/mol. The first-order valence-corrected chi connectivity index (χ1v) is 5.73. The summed E-state index contributed by atoms with van der Waals surface area (Å²) < 4.78 is 13.3. The quantitative estimate of drug-likeness (QED) is 0.614. The lowest BCUT2D eigenvalue weighted by Crippen LogP contribution is -2.20. The summed E-state index contributed by atoms with van der Waals surface area (Å²) in [5.41, 5.74) is 6.12. The summed E-state index contributed by atoms with van der Waals surface area (Å²) >= 11 is 0. The van der Waals surface area contributed by atoms with E-state index in [9.17, 15) is 14.5 Å². The molecule has 1 aromatic rings. The van der Waals surface area contributed by atoms with Crippen molar-refractivity contribution in [2.24, 2.45) is 5.73 Å². The minimum absolute atomic E-state index is 0.109. The molecule has 0 spiro atoms. The smallest absolute Gasteiger partial charge is 0.304 e. The average molecular weight is 240 g/mol. The first-order chi connectivity index (χ1) is 8.04. The maximum Gasteiger partial charge on any atom is 0.304 e. The molecule has 94 valence electrons. The Morgan fingerprint density at radius 2 is 2.18 bits per heavy atom. The van der Waals surface area contributed by atoms with Gasteiger partial charge in [-0.05, 0) is 30.9 Å². The van der Waals surface area contributed by atoms with Gasteiger partial charge in [-0.3, -0.25) is 10.1 Å². The van der Waals surface area contributed by atoms with E-state index in [2.05, 4.69) is 6.92 Å². The third kappa shape index (κ3) is 4.11. The van der Waals surface area contributed by atoms with Gasteiger partial charge in [0.2, 0.25) is 5.82 Å². The minimum atomic E-state index is -0.781. The second kappa shape index (κ2) is 6.30. The zero-order chi connectivity index (χ0) is 12.8. The molecule has 0 heterocycles. The van der Waals surface area contributed by atoms with E-state index in [1.54, 1.807) is 6.07 Å². The molecule has 1 unspecified atom stereocenters. The molecule has 4 nitrogen and oxygen atoms in total. The van der Waals surface area contributed by atoms with Crippen LogP contribution in [0.5, 0.6) is 0 Å². The lowest BCUT2D eigenvalue weighted by molar-refractivity contribution is -0.387. The van der Waals surface area contributed by atoms with Crippen molar-refractivity contribution in [3.63, 3.8) is 0 Å². The zero-order valence-electron chi connectivity index (χ0n) is 9.86. The Kier molecular flexibility index (Phi) is 5.03. The molecule has 0 radical (unpaired) electrons. The highest BCUT2D eigenvalue weighted by atomic mass is 19.1. The van der Waals surface area contributed by atoms with Crippen LogP contribution in [0.3, 0.4) is 0 Å². The Bertz CT molecular complexity index is 396. The zero-order valence-corrected chi connectivity index (χ0v) is 9.86. The Morgan fingerprint density at radius 3 is 2.71 bits per heavy atom. The van der Waals surface area contributed by atoms with Crippen LogP contribution in [0.2, 0.25) is 0 Å². The molecule has 0 aromatic heterocycles. The molecule has 1 rings (SSSR count). The molecule has 2 N–H and O–H groups in total. The number of aryl methyl sites for hydroxylation is 1. The predicted molar refractivity (Wildman–Crippen MR) is 64.3 cm³/mol. The molecule has 0 aliphatic carbocycles. The Labute approximate surface area is 99.8 Å². The molecule has 5 heteroatoms. The topological polar surface area (TPSA) is 69.2 Å². The van der Waals surface area contributed by atoms with Crippen LogP contribution in [0.1, 0.15) is 31.7 Å². The number of rotatable bonds is 6. The van der Waals surface area contributed by atoms with Crippen LogP contribution >= 0.6 is 0 Å². The van der Waals surface area contributed by atoms with Crippen LogP contribution in [0, 0.1) is 15.9 Å². The van der Waals surface area contributed by atoms with Crippen molar-refractivity contribution < 1.29 is 9.31 Å². The molecule has 0 aliphatic heterocycles. The summed E-state index contributed by atoms with van der Waals surface area (Å²) in [6.45, 7) is 2.06. The fourth-order valence-electron chi connectivity index (χ4n) is 1.72. The van der Waals surface area contributed by atoms with E-state index in [-0.39, 0.29) is 6.04 Å². The Morgan fingerprint density at radius 1 is 1.47 bits per heavy atom. The van der Waals surface area contributed by atoms with Gasteiger partial charge in [-0.1, -0.05) is 19.4 Å². The lowest BCUT2D eigenvalue weighted by atomic mass is 10.0. The first kappa shape index (κ1) is 13.6. The third-order valence-electron chi connectivity index (χ3n) is 2.67. The van der Waals surface area contributed by atoms with Gasteiger partial charge >= 0.3 is 5.69 Å². The summed E-state index contributed by atoms with van der Waals surface area (Å²) in [4.78, 5) is 9.71. The van der Waals surface area contributed by atoms with E-state index in [1.807, 2.05) is 0 Å². The van der Waals surface area contributed by atoms with Gasteiger partial charge in [-0.15, -0.1) is 0 Å². The molecule has 0 amide bonds. The van der Waals surface area contributed by atoms with Crippen LogP contribution in [0.25, 0.3) is 0 Å². The molecule has 1 atom stereocenters. The highest BCUT2D eigenvalue weighted by Crippen LogP contribution is 2.19. The van der Waals surface area contributed by atoms with Gasteiger partial charge in [0.1, 0.15) is 0 Å². The van der Waals surface area contributed by atoms with Crippen LogP contribution < -0.4 is 5.73 Å². The number of nitro groups is 1. The molecule has 0 saturated heterocycles. The second-order valence-electron chi connectivity index (χ2n) is 4.13. The normalized spacial score (nSPS) is 12.4. The summed E-state index contributed by atoms with van der Waals surface area (Å²) in [5, 5.41) is 10.4. The van der Waals surface area contributed by atoms with Crippen LogP contribution in [-0.2, 0) is 6.42 Å². The van der Waals surface area contributed by atoms with Crippen LogP contribution in [-0.4, -0.2) is 11.0 Å². The van der Waals surface area contributed by atoms with Crippen molar-refractivity contribution in [2.75, 3.05) is 0 Å². The van der Waals surface area contributed by atoms with E-state index in [0.717, 1.165) is 24.8 Å². The molecular formula is C12H17FN2O2. The van der Waals surface area contributed by atoms with Crippen molar-refractivity contribution in [1.29, 1.82) is 0 Å². The van der Waals surface area contributed by atoms with Crippen molar-refractivity contribution in [2.45, 2.75) is 38.6 Å². The highest BCUT2D eigenvalue weighted by Gasteiger charge is 2.13.